The van der Waals surface area contributed by atoms with Crippen LogP contribution in [0.2, 0.25) is 0 Å². The third kappa shape index (κ3) is 4.16. The van der Waals surface area contributed by atoms with Gasteiger partial charge in [-0.1, -0.05) is 13.0 Å². The fraction of sp³-hybridized carbons (Fsp3) is 0.429. The number of halogens is 2. The number of benzene rings is 1. The molecule has 1 aromatic rings. The zero-order chi connectivity index (χ0) is 12.7. The van der Waals surface area contributed by atoms with Gasteiger partial charge in [-0.05, 0) is 37.6 Å². The van der Waals surface area contributed by atoms with E-state index in [1.165, 1.54) is 6.07 Å². The van der Waals surface area contributed by atoms with Gasteiger partial charge in [0.05, 0.1) is 0 Å². The SMILES string of the molecule is CC#CCC(NCCC)c1ccc(F)c(F)c1. The van der Waals surface area contributed by atoms with Gasteiger partial charge < -0.3 is 5.32 Å². The van der Waals surface area contributed by atoms with Gasteiger partial charge in [0.2, 0.25) is 0 Å². The Labute approximate surface area is 101 Å². The second-order valence-corrected chi connectivity index (χ2v) is 3.81. The summed E-state index contributed by atoms with van der Waals surface area (Å²) < 4.78 is 26.0. The quantitative estimate of drug-likeness (QED) is 0.774. The molecular formula is C14H17F2N. The van der Waals surface area contributed by atoms with Crippen molar-refractivity contribution in [2.24, 2.45) is 0 Å². The van der Waals surface area contributed by atoms with Crippen LogP contribution < -0.4 is 5.32 Å². The Bertz CT molecular complexity index is 418. The van der Waals surface area contributed by atoms with E-state index in [1.807, 2.05) is 0 Å². The Hall–Kier alpha value is -1.40. The molecule has 92 valence electrons. The van der Waals surface area contributed by atoms with Gasteiger partial charge >= 0.3 is 0 Å². The highest BCUT2D eigenvalue weighted by Gasteiger charge is 2.11. The lowest BCUT2D eigenvalue weighted by Crippen LogP contribution is -2.22. The Morgan fingerprint density at radius 2 is 2.06 bits per heavy atom. The third-order valence-electron chi connectivity index (χ3n) is 2.47. The molecule has 1 N–H and O–H groups in total. The third-order valence-corrected chi connectivity index (χ3v) is 2.47. The van der Waals surface area contributed by atoms with E-state index in [2.05, 4.69) is 24.1 Å². The molecule has 1 unspecified atom stereocenters. The summed E-state index contributed by atoms with van der Waals surface area (Å²) in [5, 5.41) is 3.28. The second kappa shape index (κ2) is 7.03. The molecule has 0 saturated carbocycles. The molecule has 0 radical (unpaired) electrons. The van der Waals surface area contributed by atoms with Crippen LogP contribution in [-0.4, -0.2) is 6.54 Å². The molecular weight excluding hydrogens is 220 g/mol. The number of hydrogen-bond acceptors (Lipinski definition) is 1. The van der Waals surface area contributed by atoms with Gasteiger partial charge in [0.1, 0.15) is 0 Å². The number of nitrogens with one attached hydrogen (secondary N) is 1. The summed E-state index contributed by atoms with van der Waals surface area (Å²) in [6, 6.07) is 3.95. The standard InChI is InChI=1S/C14H17F2N/c1-3-5-6-14(17-9-4-2)11-7-8-12(15)13(16)10-11/h7-8,10,14,17H,4,6,9H2,1-2H3. The van der Waals surface area contributed by atoms with Gasteiger partial charge in [0, 0.05) is 12.5 Å². The van der Waals surface area contributed by atoms with Crippen molar-refractivity contribution < 1.29 is 8.78 Å². The van der Waals surface area contributed by atoms with E-state index in [0.717, 1.165) is 24.6 Å². The first-order valence-corrected chi connectivity index (χ1v) is 5.77. The summed E-state index contributed by atoms with van der Waals surface area (Å²) in [6.07, 6.45) is 1.58. The minimum absolute atomic E-state index is 0.0440. The molecule has 0 fully saturated rings. The van der Waals surface area contributed by atoms with Gasteiger partial charge in [-0.2, -0.15) is 0 Å². The molecule has 3 heteroatoms. The van der Waals surface area contributed by atoms with Crippen LogP contribution in [0.25, 0.3) is 0 Å². The minimum Gasteiger partial charge on any atom is -0.309 e. The molecule has 0 aliphatic heterocycles. The summed E-state index contributed by atoms with van der Waals surface area (Å²) in [7, 11) is 0. The van der Waals surface area contributed by atoms with Crippen molar-refractivity contribution in [2.75, 3.05) is 6.54 Å². The highest BCUT2D eigenvalue weighted by atomic mass is 19.2. The fourth-order valence-electron chi connectivity index (χ4n) is 1.56. The van der Waals surface area contributed by atoms with Crippen LogP contribution in [0.4, 0.5) is 8.78 Å². The van der Waals surface area contributed by atoms with Gasteiger partial charge in [-0.25, -0.2) is 8.78 Å². The molecule has 0 heterocycles. The molecule has 0 spiro atoms. The largest absolute Gasteiger partial charge is 0.309 e. The Morgan fingerprint density at radius 1 is 1.29 bits per heavy atom. The van der Waals surface area contributed by atoms with Crippen LogP contribution in [0.1, 0.15) is 38.3 Å². The van der Waals surface area contributed by atoms with E-state index in [0.29, 0.717) is 6.42 Å². The van der Waals surface area contributed by atoms with Gasteiger partial charge in [-0.3, -0.25) is 0 Å². The number of rotatable bonds is 5. The zero-order valence-electron chi connectivity index (χ0n) is 10.2. The normalized spacial score (nSPS) is 11.8. The summed E-state index contributed by atoms with van der Waals surface area (Å²) in [4.78, 5) is 0. The van der Waals surface area contributed by atoms with Gasteiger partial charge in [0.15, 0.2) is 11.6 Å². The smallest absolute Gasteiger partial charge is 0.159 e. The van der Waals surface area contributed by atoms with E-state index < -0.39 is 11.6 Å². The molecule has 0 saturated heterocycles. The molecule has 1 nitrogen and oxygen atoms in total. The van der Waals surface area contributed by atoms with E-state index in [9.17, 15) is 8.78 Å². The fourth-order valence-corrected chi connectivity index (χ4v) is 1.56. The first kappa shape index (κ1) is 13.7. The summed E-state index contributed by atoms with van der Waals surface area (Å²) >= 11 is 0. The summed E-state index contributed by atoms with van der Waals surface area (Å²) in [5.41, 5.74) is 0.736. The average Bonchev–Trinajstić information content (AvgIpc) is 2.33. The molecule has 1 aromatic carbocycles. The van der Waals surface area contributed by atoms with E-state index in [4.69, 9.17) is 0 Å². The van der Waals surface area contributed by atoms with E-state index in [-0.39, 0.29) is 6.04 Å². The first-order chi connectivity index (χ1) is 8.19. The first-order valence-electron chi connectivity index (χ1n) is 5.77. The predicted molar refractivity (Wildman–Crippen MR) is 65.5 cm³/mol. The lowest BCUT2D eigenvalue weighted by atomic mass is 10.0. The Morgan fingerprint density at radius 3 is 2.65 bits per heavy atom. The molecule has 1 rings (SSSR count). The molecule has 0 aliphatic rings. The van der Waals surface area contributed by atoms with Crippen molar-refractivity contribution in [2.45, 2.75) is 32.7 Å². The van der Waals surface area contributed by atoms with Crippen molar-refractivity contribution in [1.29, 1.82) is 0 Å². The van der Waals surface area contributed by atoms with Crippen LogP contribution >= 0.6 is 0 Å². The molecule has 0 bridgehead atoms. The van der Waals surface area contributed by atoms with E-state index >= 15 is 0 Å². The predicted octanol–water partition coefficient (Wildman–Crippen LogP) is 3.42. The maximum Gasteiger partial charge on any atom is 0.159 e. The molecule has 1 atom stereocenters. The maximum absolute atomic E-state index is 13.1. The van der Waals surface area contributed by atoms with Gasteiger partial charge in [0.25, 0.3) is 0 Å². The Kier molecular flexibility index (Phi) is 5.65. The molecule has 0 aromatic heterocycles. The summed E-state index contributed by atoms with van der Waals surface area (Å²) in [6.45, 7) is 4.65. The topological polar surface area (TPSA) is 12.0 Å². The van der Waals surface area contributed by atoms with Crippen LogP contribution in [0.5, 0.6) is 0 Å². The van der Waals surface area contributed by atoms with E-state index in [1.54, 1.807) is 13.0 Å². The van der Waals surface area contributed by atoms with Crippen LogP contribution in [0.15, 0.2) is 18.2 Å². The van der Waals surface area contributed by atoms with Crippen LogP contribution in [-0.2, 0) is 0 Å². The summed E-state index contributed by atoms with van der Waals surface area (Å²) in [5.74, 6) is 4.15. The van der Waals surface area contributed by atoms with Crippen molar-refractivity contribution in [3.8, 4) is 11.8 Å². The second-order valence-electron chi connectivity index (χ2n) is 3.81. The van der Waals surface area contributed by atoms with Gasteiger partial charge in [-0.15, -0.1) is 11.8 Å². The zero-order valence-corrected chi connectivity index (χ0v) is 10.2. The Balaban J connectivity index is 2.85. The minimum atomic E-state index is -0.815. The van der Waals surface area contributed by atoms with Crippen molar-refractivity contribution in [3.63, 3.8) is 0 Å². The highest BCUT2D eigenvalue weighted by molar-refractivity contribution is 5.23. The molecule has 0 amide bonds. The molecule has 17 heavy (non-hydrogen) atoms. The van der Waals surface area contributed by atoms with Crippen LogP contribution in [0, 0.1) is 23.5 Å². The van der Waals surface area contributed by atoms with Crippen molar-refractivity contribution >= 4 is 0 Å². The number of hydrogen-bond donors (Lipinski definition) is 1. The lowest BCUT2D eigenvalue weighted by Gasteiger charge is -2.16. The lowest BCUT2D eigenvalue weighted by molar-refractivity contribution is 0.496. The maximum atomic E-state index is 13.1. The highest BCUT2D eigenvalue weighted by Crippen LogP contribution is 2.19. The molecule has 0 aliphatic carbocycles. The van der Waals surface area contributed by atoms with Crippen molar-refractivity contribution in [3.05, 3.63) is 35.4 Å². The van der Waals surface area contributed by atoms with Crippen molar-refractivity contribution in [1.82, 2.24) is 5.32 Å². The average molecular weight is 237 g/mol. The monoisotopic (exact) mass is 237 g/mol. The van der Waals surface area contributed by atoms with Crippen LogP contribution in [0.3, 0.4) is 0 Å².